The third-order valence-corrected chi connectivity index (χ3v) is 7.72. The molecule has 2 aromatic rings. The van der Waals surface area contributed by atoms with E-state index >= 15 is 0 Å². The van der Waals surface area contributed by atoms with Crippen LogP contribution in [0.1, 0.15) is 49.9 Å². The van der Waals surface area contributed by atoms with E-state index in [1.165, 1.54) is 5.56 Å². The summed E-state index contributed by atoms with van der Waals surface area (Å²) in [4.78, 5) is 19.4. The van der Waals surface area contributed by atoms with E-state index in [-0.39, 0.29) is 16.9 Å². The number of carbonyl (C=O) groups excluding carboxylic acids is 1. The molecule has 1 saturated carbocycles. The lowest BCUT2D eigenvalue weighted by Gasteiger charge is -2.38. The summed E-state index contributed by atoms with van der Waals surface area (Å²) in [5, 5.41) is 4.29. The number of fused-ring (bicyclic) bond motifs is 1. The lowest BCUT2D eigenvalue weighted by Crippen LogP contribution is -2.48. The molecule has 4 nitrogen and oxygen atoms in total. The Kier molecular flexibility index (Phi) is 4.72. The van der Waals surface area contributed by atoms with Crippen molar-refractivity contribution >= 4 is 40.6 Å². The van der Waals surface area contributed by atoms with Crippen LogP contribution in [0.15, 0.2) is 23.6 Å². The lowest BCUT2D eigenvalue weighted by molar-refractivity contribution is 0.0181. The number of benzene rings is 1. The molecule has 4 rings (SSSR count). The highest BCUT2D eigenvalue weighted by atomic mass is 35.5. The number of nitrogens with zero attached hydrogens (tertiary/aromatic N) is 2. The van der Waals surface area contributed by atoms with Gasteiger partial charge in [-0.2, -0.15) is 0 Å². The van der Waals surface area contributed by atoms with Crippen molar-refractivity contribution in [3.8, 4) is 0 Å². The largest absolute Gasteiger partial charge is 0.444 e. The second-order valence-electron chi connectivity index (χ2n) is 8.92. The molecule has 2 aliphatic rings. The second kappa shape index (κ2) is 6.61. The molecule has 1 amide bonds. The van der Waals surface area contributed by atoms with Crippen molar-refractivity contribution in [2.45, 2.75) is 57.0 Å². The first-order chi connectivity index (χ1) is 13.1. The Morgan fingerprint density at radius 1 is 1.25 bits per heavy atom. The van der Waals surface area contributed by atoms with E-state index in [4.69, 9.17) is 32.9 Å². The predicted molar refractivity (Wildman–Crippen MR) is 114 cm³/mol. The van der Waals surface area contributed by atoms with Gasteiger partial charge < -0.3 is 9.64 Å². The number of likely N-dealkylation sites (tertiary alicyclic amines) is 1. The summed E-state index contributed by atoms with van der Waals surface area (Å²) in [5.74, 6) is 0. The minimum absolute atomic E-state index is 0.0654. The molecule has 150 valence electrons. The number of piperidine rings is 1. The lowest BCUT2D eigenvalue weighted by atomic mass is 9.80. The van der Waals surface area contributed by atoms with Crippen molar-refractivity contribution in [2.24, 2.45) is 0 Å². The smallest absolute Gasteiger partial charge is 0.410 e. The van der Waals surface area contributed by atoms with Crippen LogP contribution >= 0.6 is 34.5 Å². The number of aryl methyl sites for hydroxylation is 1. The summed E-state index contributed by atoms with van der Waals surface area (Å²) in [6.45, 7) is 8.95. The highest BCUT2D eigenvalue weighted by Crippen LogP contribution is 2.70. The van der Waals surface area contributed by atoms with Crippen LogP contribution < -0.4 is 0 Å². The van der Waals surface area contributed by atoms with E-state index in [1.807, 2.05) is 44.7 Å². The van der Waals surface area contributed by atoms with E-state index < -0.39 is 5.60 Å². The zero-order valence-corrected chi connectivity index (χ0v) is 18.8. The standard InChI is InChI=1S/C21H24Cl2N2O2S/c1-13-10-28-17(24-13)21-11-20(21,14-5-6-15(22)16(23)9-14)7-8-25(12-21)18(26)27-19(2,3)4/h5-6,9-10H,7-8,11-12H2,1-4H3/t20-,21+/m0/s1. The van der Waals surface area contributed by atoms with Crippen molar-refractivity contribution in [3.63, 3.8) is 0 Å². The van der Waals surface area contributed by atoms with Crippen LogP contribution in [0.2, 0.25) is 10.0 Å². The van der Waals surface area contributed by atoms with Gasteiger partial charge in [0.05, 0.1) is 15.5 Å². The second-order valence-corrected chi connectivity index (χ2v) is 10.6. The van der Waals surface area contributed by atoms with Crippen LogP contribution in [-0.2, 0) is 15.6 Å². The van der Waals surface area contributed by atoms with Crippen LogP contribution in [0.3, 0.4) is 0 Å². The number of ether oxygens (including phenoxy) is 1. The molecule has 1 aromatic heterocycles. The molecular formula is C21H24Cl2N2O2S. The Morgan fingerprint density at radius 2 is 2.00 bits per heavy atom. The normalized spacial score (nSPS) is 26.7. The van der Waals surface area contributed by atoms with Crippen molar-refractivity contribution in [2.75, 3.05) is 13.1 Å². The Morgan fingerprint density at radius 3 is 2.61 bits per heavy atom. The van der Waals surface area contributed by atoms with Gasteiger partial charge in [-0.25, -0.2) is 9.78 Å². The van der Waals surface area contributed by atoms with Crippen molar-refractivity contribution < 1.29 is 9.53 Å². The number of aromatic nitrogens is 1. The zero-order chi connectivity index (χ0) is 20.3. The van der Waals surface area contributed by atoms with E-state index in [0.29, 0.717) is 23.1 Å². The van der Waals surface area contributed by atoms with Gasteiger partial charge in [0.2, 0.25) is 0 Å². The molecule has 7 heteroatoms. The summed E-state index contributed by atoms with van der Waals surface area (Å²) in [6.07, 6.45) is 1.54. The molecule has 0 spiro atoms. The van der Waals surface area contributed by atoms with Crippen LogP contribution in [0.5, 0.6) is 0 Å². The summed E-state index contributed by atoms with van der Waals surface area (Å²) in [5.41, 5.74) is 1.42. The molecule has 0 bridgehead atoms. The predicted octanol–water partition coefficient (Wildman–Crippen LogP) is 5.98. The Labute approximate surface area is 179 Å². The van der Waals surface area contributed by atoms with Crippen LogP contribution in [-0.4, -0.2) is 34.7 Å². The average molecular weight is 439 g/mol. The maximum atomic E-state index is 12.7. The van der Waals surface area contributed by atoms with E-state index in [2.05, 4.69) is 11.4 Å². The minimum atomic E-state index is -0.510. The maximum absolute atomic E-state index is 12.7. The third-order valence-electron chi connectivity index (χ3n) is 5.82. The van der Waals surface area contributed by atoms with Gasteiger partial charge in [0.15, 0.2) is 0 Å². The van der Waals surface area contributed by atoms with Crippen LogP contribution in [0, 0.1) is 6.92 Å². The molecule has 1 aromatic carbocycles. The Balaban J connectivity index is 1.70. The average Bonchev–Trinajstić information content (AvgIpc) is 3.12. The Bertz CT molecular complexity index is 939. The fourth-order valence-electron chi connectivity index (χ4n) is 4.46. The molecule has 2 atom stereocenters. The number of halogens is 2. The van der Waals surface area contributed by atoms with E-state index in [1.54, 1.807) is 11.3 Å². The minimum Gasteiger partial charge on any atom is -0.444 e. The molecule has 2 fully saturated rings. The number of rotatable bonds is 2. The fourth-order valence-corrected chi connectivity index (χ4v) is 5.84. The fraction of sp³-hybridized carbons (Fsp3) is 0.524. The SMILES string of the molecule is Cc1csc([C@@]23CN(C(=O)OC(C)(C)C)CC[C@@]2(c2ccc(Cl)c(Cl)c2)C3)n1. The van der Waals surface area contributed by atoms with E-state index in [0.717, 1.165) is 23.5 Å². The molecular weight excluding hydrogens is 415 g/mol. The monoisotopic (exact) mass is 438 g/mol. The molecule has 0 unspecified atom stereocenters. The van der Waals surface area contributed by atoms with Crippen molar-refractivity contribution in [3.05, 3.63) is 49.9 Å². The first-order valence-corrected chi connectivity index (χ1v) is 11.1. The van der Waals surface area contributed by atoms with Gasteiger partial charge in [-0.1, -0.05) is 29.3 Å². The Hall–Kier alpha value is -1.30. The molecule has 0 radical (unpaired) electrons. The van der Waals surface area contributed by atoms with Gasteiger partial charge in [-0.15, -0.1) is 11.3 Å². The topological polar surface area (TPSA) is 42.4 Å². The van der Waals surface area contributed by atoms with Crippen molar-refractivity contribution in [1.29, 1.82) is 0 Å². The quantitative estimate of drug-likeness (QED) is 0.578. The maximum Gasteiger partial charge on any atom is 0.410 e. The van der Waals surface area contributed by atoms with Gasteiger partial charge in [-0.05, 0) is 58.2 Å². The van der Waals surface area contributed by atoms with Gasteiger partial charge in [0.25, 0.3) is 0 Å². The number of thiazole rings is 1. The van der Waals surface area contributed by atoms with E-state index in [9.17, 15) is 4.79 Å². The molecule has 1 aliphatic carbocycles. The van der Waals surface area contributed by atoms with Crippen LogP contribution in [0.25, 0.3) is 0 Å². The number of hydrogen-bond acceptors (Lipinski definition) is 4. The highest BCUT2D eigenvalue weighted by molar-refractivity contribution is 7.09. The first kappa shape index (κ1) is 20.0. The van der Waals surface area contributed by atoms with Crippen molar-refractivity contribution in [1.82, 2.24) is 9.88 Å². The molecule has 1 saturated heterocycles. The molecule has 28 heavy (non-hydrogen) atoms. The van der Waals surface area contributed by atoms with Gasteiger partial charge in [0.1, 0.15) is 10.6 Å². The summed E-state index contributed by atoms with van der Waals surface area (Å²) in [7, 11) is 0. The van der Waals surface area contributed by atoms with Gasteiger partial charge in [-0.3, -0.25) is 0 Å². The van der Waals surface area contributed by atoms with Gasteiger partial charge in [0, 0.05) is 29.6 Å². The summed E-state index contributed by atoms with van der Waals surface area (Å²) >= 11 is 14.2. The van der Waals surface area contributed by atoms with Gasteiger partial charge >= 0.3 is 6.09 Å². The third kappa shape index (κ3) is 3.21. The molecule has 1 aliphatic heterocycles. The van der Waals surface area contributed by atoms with Crippen LogP contribution in [0.4, 0.5) is 4.79 Å². The molecule has 2 heterocycles. The summed E-state index contributed by atoms with van der Waals surface area (Å²) < 4.78 is 5.64. The first-order valence-electron chi connectivity index (χ1n) is 9.42. The molecule has 0 N–H and O–H groups in total. The summed E-state index contributed by atoms with van der Waals surface area (Å²) in [6, 6.07) is 5.92. The number of carbonyl (C=O) groups is 1. The highest BCUT2D eigenvalue weighted by Gasteiger charge is 2.72. The number of hydrogen-bond donors (Lipinski definition) is 0. The number of amides is 1. The zero-order valence-electron chi connectivity index (χ0n) is 16.5.